The van der Waals surface area contributed by atoms with Gasteiger partial charge in [-0.15, -0.1) is 0 Å². The second kappa shape index (κ2) is 6.93. The Morgan fingerprint density at radius 1 is 1.44 bits per heavy atom. The Morgan fingerprint density at radius 3 is 2.94 bits per heavy atom. The molecule has 102 valence electrons. The lowest BCUT2D eigenvalue weighted by Crippen LogP contribution is -2.19. The molecule has 0 aliphatic heterocycles. The van der Waals surface area contributed by atoms with Crippen LogP contribution in [0.25, 0.3) is 0 Å². The van der Waals surface area contributed by atoms with E-state index in [2.05, 4.69) is 28.7 Å². The molecule has 3 heteroatoms. The Bertz CT molecular complexity index is 341. The van der Waals surface area contributed by atoms with Crippen LogP contribution in [0.15, 0.2) is 12.5 Å². The van der Waals surface area contributed by atoms with Crippen molar-refractivity contribution in [2.75, 3.05) is 0 Å². The second-order valence-corrected chi connectivity index (χ2v) is 5.61. The van der Waals surface area contributed by atoms with E-state index in [1.54, 1.807) is 0 Å². The van der Waals surface area contributed by atoms with E-state index in [-0.39, 0.29) is 0 Å². The Hall–Kier alpha value is -0.830. The zero-order valence-corrected chi connectivity index (χ0v) is 11.9. The summed E-state index contributed by atoms with van der Waals surface area (Å²) >= 11 is 0. The molecule has 1 aliphatic rings. The van der Waals surface area contributed by atoms with E-state index in [4.69, 9.17) is 0 Å². The van der Waals surface area contributed by atoms with Gasteiger partial charge in [0.05, 0.1) is 12.0 Å². The maximum Gasteiger partial charge on any atom is 0.0948 e. The van der Waals surface area contributed by atoms with Gasteiger partial charge in [0.2, 0.25) is 0 Å². The highest BCUT2D eigenvalue weighted by Gasteiger charge is 2.20. The molecule has 2 rings (SSSR count). The Kier molecular flexibility index (Phi) is 5.24. The Labute approximate surface area is 111 Å². The van der Waals surface area contributed by atoms with Gasteiger partial charge in [-0.2, -0.15) is 0 Å². The summed E-state index contributed by atoms with van der Waals surface area (Å²) in [5.41, 5.74) is 1.34. The molecular formula is C15H27N3. The van der Waals surface area contributed by atoms with E-state index < -0.39 is 0 Å². The molecule has 1 N–H and O–H groups in total. The number of aromatic nitrogens is 2. The van der Waals surface area contributed by atoms with Crippen LogP contribution in [0.3, 0.4) is 0 Å². The molecule has 1 unspecified atom stereocenters. The fraction of sp³-hybridized carbons (Fsp3) is 0.800. The summed E-state index contributed by atoms with van der Waals surface area (Å²) in [6.07, 6.45) is 12.0. The molecule has 1 aliphatic carbocycles. The van der Waals surface area contributed by atoms with Crippen LogP contribution in [0.5, 0.6) is 0 Å². The van der Waals surface area contributed by atoms with Gasteiger partial charge in [-0.3, -0.25) is 0 Å². The predicted molar refractivity (Wildman–Crippen MR) is 75.4 cm³/mol. The topological polar surface area (TPSA) is 29.9 Å². The van der Waals surface area contributed by atoms with Crippen LogP contribution in [-0.4, -0.2) is 15.6 Å². The minimum Gasteiger partial charge on any atom is -0.333 e. The summed E-state index contributed by atoms with van der Waals surface area (Å²) in [7, 11) is 0. The van der Waals surface area contributed by atoms with Crippen molar-refractivity contribution in [3.63, 3.8) is 0 Å². The number of rotatable bonds is 9. The van der Waals surface area contributed by atoms with Gasteiger partial charge in [0.15, 0.2) is 0 Å². The molecule has 0 spiro atoms. The first-order valence-corrected chi connectivity index (χ1v) is 7.55. The van der Waals surface area contributed by atoms with Crippen molar-refractivity contribution in [1.29, 1.82) is 0 Å². The van der Waals surface area contributed by atoms with Crippen molar-refractivity contribution in [2.24, 2.45) is 5.92 Å². The summed E-state index contributed by atoms with van der Waals surface area (Å²) in [6.45, 7) is 6.70. The maximum absolute atomic E-state index is 4.31. The SMILES string of the molecule is CCCCC(CC)Cn1cncc1CNC1CC1. The molecule has 3 nitrogen and oxygen atoms in total. The summed E-state index contributed by atoms with van der Waals surface area (Å²) < 4.78 is 2.35. The molecule has 0 saturated heterocycles. The lowest BCUT2D eigenvalue weighted by atomic mass is 9.99. The molecule has 1 saturated carbocycles. The third kappa shape index (κ3) is 4.13. The molecule has 1 atom stereocenters. The lowest BCUT2D eigenvalue weighted by Gasteiger charge is -2.17. The number of hydrogen-bond acceptors (Lipinski definition) is 2. The first-order chi connectivity index (χ1) is 8.83. The van der Waals surface area contributed by atoms with Gasteiger partial charge in [0.1, 0.15) is 0 Å². The monoisotopic (exact) mass is 249 g/mol. The number of hydrogen-bond donors (Lipinski definition) is 1. The highest BCUT2D eigenvalue weighted by Crippen LogP contribution is 2.20. The van der Waals surface area contributed by atoms with Gasteiger partial charge in [-0.05, 0) is 25.2 Å². The first-order valence-electron chi connectivity index (χ1n) is 7.55. The Balaban J connectivity index is 1.84. The van der Waals surface area contributed by atoms with E-state index in [0.29, 0.717) is 0 Å². The van der Waals surface area contributed by atoms with Crippen LogP contribution >= 0.6 is 0 Å². The molecule has 0 amide bonds. The third-order valence-corrected chi connectivity index (χ3v) is 3.95. The molecule has 18 heavy (non-hydrogen) atoms. The van der Waals surface area contributed by atoms with Crippen LogP contribution in [0, 0.1) is 5.92 Å². The van der Waals surface area contributed by atoms with E-state index in [9.17, 15) is 0 Å². The van der Waals surface area contributed by atoms with Gasteiger partial charge >= 0.3 is 0 Å². The molecule has 1 aromatic rings. The van der Waals surface area contributed by atoms with Crippen LogP contribution in [0.1, 0.15) is 58.1 Å². The molecule has 0 aromatic carbocycles. The quantitative estimate of drug-likeness (QED) is 0.727. The summed E-state index contributed by atoms with van der Waals surface area (Å²) in [6, 6.07) is 0.774. The third-order valence-electron chi connectivity index (χ3n) is 3.95. The largest absolute Gasteiger partial charge is 0.333 e. The number of unbranched alkanes of at least 4 members (excludes halogenated alkanes) is 1. The minimum absolute atomic E-state index is 0.774. The van der Waals surface area contributed by atoms with E-state index in [0.717, 1.165) is 25.0 Å². The average molecular weight is 249 g/mol. The normalized spacial score (nSPS) is 17.0. The fourth-order valence-electron chi connectivity index (χ4n) is 2.39. The predicted octanol–water partition coefficient (Wildman–Crippen LogP) is 3.35. The average Bonchev–Trinajstić information content (AvgIpc) is 3.12. The number of imidazole rings is 1. The summed E-state index contributed by atoms with van der Waals surface area (Å²) in [5.74, 6) is 0.804. The van der Waals surface area contributed by atoms with Gasteiger partial charge in [0.25, 0.3) is 0 Å². The zero-order chi connectivity index (χ0) is 12.8. The van der Waals surface area contributed by atoms with Crippen molar-refractivity contribution in [1.82, 2.24) is 14.9 Å². The van der Waals surface area contributed by atoms with E-state index >= 15 is 0 Å². The Morgan fingerprint density at radius 2 is 2.28 bits per heavy atom. The molecule has 1 heterocycles. The number of nitrogens with one attached hydrogen (secondary N) is 1. The lowest BCUT2D eigenvalue weighted by molar-refractivity contribution is 0.383. The van der Waals surface area contributed by atoms with Crippen molar-refractivity contribution in [3.05, 3.63) is 18.2 Å². The summed E-state index contributed by atoms with van der Waals surface area (Å²) in [5, 5.41) is 3.57. The van der Waals surface area contributed by atoms with E-state index in [1.807, 2.05) is 12.5 Å². The maximum atomic E-state index is 4.31. The highest BCUT2D eigenvalue weighted by molar-refractivity contribution is 4.99. The van der Waals surface area contributed by atoms with Crippen molar-refractivity contribution in [3.8, 4) is 0 Å². The van der Waals surface area contributed by atoms with Crippen LogP contribution in [0.4, 0.5) is 0 Å². The van der Waals surface area contributed by atoms with Crippen LogP contribution in [-0.2, 0) is 13.1 Å². The standard InChI is InChI=1S/C15H27N3/c1-3-5-6-13(4-2)11-18-12-16-9-15(18)10-17-14-7-8-14/h9,12-14,17H,3-8,10-11H2,1-2H3. The number of nitrogens with zero attached hydrogens (tertiary/aromatic N) is 2. The molecule has 1 fully saturated rings. The van der Waals surface area contributed by atoms with Gasteiger partial charge in [0, 0.05) is 25.3 Å². The molecular weight excluding hydrogens is 222 g/mol. The smallest absolute Gasteiger partial charge is 0.0948 e. The first kappa shape index (κ1) is 13.6. The molecule has 0 bridgehead atoms. The fourth-order valence-corrected chi connectivity index (χ4v) is 2.39. The van der Waals surface area contributed by atoms with Gasteiger partial charge < -0.3 is 9.88 Å². The van der Waals surface area contributed by atoms with Gasteiger partial charge in [-0.1, -0.05) is 33.1 Å². The second-order valence-electron chi connectivity index (χ2n) is 5.61. The van der Waals surface area contributed by atoms with Crippen molar-refractivity contribution < 1.29 is 0 Å². The van der Waals surface area contributed by atoms with Crippen molar-refractivity contribution in [2.45, 2.75) is 71.5 Å². The minimum atomic E-state index is 0.774. The van der Waals surface area contributed by atoms with Crippen LogP contribution < -0.4 is 5.32 Å². The van der Waals surface area contributed by atoms with E-state index in [1.165, 1.54) is 44.2 Å². The summed E-state index contributed by atoms with van der Waals surface area (Å²) in [4.78, 5) is 4.31. The van der Waals surface area contributed by atoms with Crippen molar-refractivity contribution >= 4 is 0 Å². The van der Waals surface area contributed by atoms with Gasteiger partial charge in [-0.25, -0.2) is 4.98 Å². The molecule has 1 aromatic heterocycles. The van der Waals surface area contributed by atoms with Crippen LogP contribution in [0.2, 0.25) is 0 Å². The highest BCUT2D eigenvalue weighted by atomic mass is 15.1. The molecule has 0 radical (unpaired) electrons. The zero-order valence-electron chi connectivity index (χ0n) is 11.9.